The number of nitrogens with one attached hydrogen (secondary N) is 2. The van der Waals surface area contributed by atoms with Gasteiger partial charge in [-0.05, 0) is 45.7 Å². The van der Waals surface area contributed by atoms with Crippen molar-refractivity contribution in [2.75, 3.05) is 33.7 Å². The van der Waals surface area contributed by atoms with Crippen molar-refractivity contribution in [2.24, 2.45) is 10.4 Å². The van der Waals surface area contributed by atoms with Crippen molar-refractivity contribution in [3.63, 3.8) is 0 Å². The number of hydrogen-bond donors (Lipinski definition) is 2. The first-order chi connectivity index (χ1) is 9.89. The zero-order valence-corrected chi connectivity index (χ0v) is 17.0. The number of halogens is 1. The highest BCUT2D eigenvalue weighted by Gasteiger charge is 2.41. The van der Waals surface area contributed by atoms with Crippen LogP contribution >= 0.6 is 24.0 Å². The fourth-order valence-corrected chi connectivity index (χ4v) is 3.48. The number of rotatable bonds is 6. The third-order valence-corrected chi connectivity index (χ3v) is 4.18. The van der Waals surface area contributed by atoms with Gasteiger partial charge in [0.2, 0.25) is 0 Å². The lowest BCUT2D eigenvalue weighted by Crippen LogP contribution is -2.48. The first-order valence-electron chi connectivity index (χ1n) is 8.24. The Labute approximate surface area is 152 Å². The Balaban J connectivity index is 0.00000242. The van der Waals surface area contributed by atoms with Crippen molar-refractivity contribution in [1.29, 1.82) is 0 Å². The molecule has 2 fully saturated rings. The van der Waals surface area contributed by atoms with Crippen molar-refractivity contribution in [3.05, 3.63) is 0 Å². The topological polar surface area (TPSA) is 48.9 Å². The zero-order valence-electron chi connectivity index (χ0n) is 14.7. The normalized spacial score (nSPS) is 27.9. The van der Waals surface area contributed by atoms with Gasteiger partial charge < -0.3 is 20.3 Å². The van der Waals surface area contributed by atoms with Gasteiger partial charge in [-0.2, -0.15) is 0 Å². The maximum absolute atomic E-state index is 5.91. The number of fused-ring (bicyclic) bond motifs is 2. The van der Waals surface area contributed by atoms with E-state index in [9.17, 15) is 0 Å². The molecule has 3 unspecified atom stereocenters. The summed E-state index contributed by atoms with van der Waals surface area (Å²) < 4.78 is 5.91. The molecule has 0 radical (unpaired) electrons. The maximum Gasteiger partial charge on any atom is 0.191 e. The SMILES string of the molecule is CCNC(=NCC(C)(C)CN(C)C)NC1CC2CCC1O2.I. The number of guanidine groups is 1. The van der Waals surface area contributed by atoms with Gasteiger partial charge >= 0.3 is 0 Å². The summed E-state index contributed by atoms with van der Waals surface area (Å²) in [5.41, 5.74) is 0.178. The van der Waals surface area contributed by atoms with Crippen LogP contribution in [0.4, 0.5) is 0 Å². The summed E-state index contributed by atoms with van der Waals surface area (Å²) in [7, 11) is 4.23. The van der Waals surface area contributed by atoms with Gasteiger partial charge in [-0.15, -0.1) is 24.0 Å². The van der Waals surface area contributed by atoms with Crippen molar-refractivity contribution in [2.45, 2.75) is 58.3 Å². The summed E-state index contributed by atoms with van der Waals surface area (Å²) in [6.07, 6.45) is 4.39. The molecule has 2 bridgehead atoms. The average molecular weight is 424 g/mol. The molecule has 22 heavy (non-hydrogen) atoms. The van der Waals surface area contributed by atoms with Crippen LogP contribution in [0.25, 0.3) is 0 Å². The fraction of sp³-hybridized carbons (Fsp3) is 0.938. The third kappa shape index (κ3) is 5.85. The van der Waals surface area contributed by atoms with Crippen LogP contribution in [-0.4, -0.2) is 62.8 Å². The molecule has 0 aliphatic carbocycles. The predicted molar refractivity (Wildman–Crippen MR) is 103 cm³/mol. The molecule has 130 valence electrons. The van der Waals surface area contributed by atoms with E-state index >= 15 is 0 Å². The second kappa shape index (κ2) is 8.68. The quantitative estimate of drug-likeness (QED) is 0.390. The van der Waals surface area contributed by atoms with Gasteiger partial charge in [0.25, 0.3) is 0 Å². The van der Waals surface area contributed by atoms with Gasteiger partial charge in [0.15, 0.2) is 5.96 Å². The van der Waals surface area contributed by atoms with Crippen LogP contribution in [0.2, 0.25) is 0 Å². The summed E-state index contributed by atoms with van der Waals surface area (Å²) in [5, 5.41) is 6.94. The van der Waals surface area contributed by atoms with Gasteiger partial charge in [-0.3, -0.25) is 4.99 Å². The van der Waals surface area contributed by atoms with E-state index in [1.54, 1.807) is 0 Å². The van der Waals surface area contributed by atoms with E-state index in [-0.39, 0.29) is 29.4 Å². The lowest BCUT2D eigenvalue weighted by Gasteiger charge is -2.28. The van der Waals surface area contributed by atoms with Crippen LogP contribution in [0.5, 0.6) is 0 Å². The van der Waals surface area contributed by atoms with E-state index in [4.69, 9.17) is 9.73 Å². The molecular formula is C16H33IN4O. The molecule has 2 saturated heterocycles. The minimum absolute atomic E-state index is 0. The third-order valence-electron chi connectivity index (χ3n) is 4.18. The number of aliphatic imine (C=N–C) groups is 1. The first-order valence-corrected chi connectivity index (χ1v) is 8.24. The molecule has 2 aliphatic heterocycles. The van der Waals surface area contributed by atoms with Gasteiger partial charge in [-0.25, -0.2) is 0 Å². The Morgan fingerprint density at radius 1 is 1.32 bits per heavy atom. The largest absolute Gasteiger partial charge is 0.373 e. The molecule has 2 rings (SSSR count). The molecule has 3 atom stereocenters. The van der Waals surface area contributed by atoms with E-state index in [0.29, 0.717) is 18.2 Å². The fourth-order valence-electron chi connectivity index (χ4n) is 3.48. The summed E-state index contributed by atoms with van der Waals surface area (Å²) >= 11 is 0. The smallest absolute Gasteiger partial charge is 0.191 e. The summed E-state index contributed by atoms with van der Waals surface area (Å²) in [5.74, 6) is 0.936. The molecule has 2 aliphatic rings. The Morgan fingerprint density at radius 2 is 2.05 bits per heavy atom. The van der Waals surface area contributed by atoms with E-state index in [0.717, 1.165) is 32.0 Å². The molecule has 5 nitrogen and oxygen atoms in total. The molecular weight excluding hydrogens is 391 g/mol. The predicted octanol–water partition coefficient (Wildman–Crippen LogP) is 2.07. The highest BCUT2D eigenvalue weighted by Crippen LogP contribution is 2.34. The van der Waals surface area contributed by atoms with Crippen LogP contribution in [-0.2, 0) is 4.74 Å². The van der Waals surface area contributed by atoms with Crippen molar-refractivity contribution >= 4 is 29.9 Å². The zero-order chi connectivity index (χ0) is 15.5. The molecule has 0 amide bonds. The van der Waals surface area contributed by atoms with E-state index in [2.05, 4.69) is 50.4 Å². The lowest BCUT2D eigenvalue weighted by molar-refractivity contribution is 0.0992. The highest BCUT2D eigenvalue weighted by molar-refractivity contribution is 14.0. The molecule has 0 aromatic carbocycles. The van der Waals surface area contributed by atoms with Crippen molar-refractivity contribution < 1.29 is 4.74 Å². The summed E-state index contributed by atoms with van der Waals surface area (Å²) in [4.78, 5) is 7.02. The van der Waals surface area contributed by atoms with Crippen LogP contribution < -0.4 is 10.6 Å². The second-order valence-electron chi connectivity index (χ2n) is 7.46. The van der Waals surface area contributed by atoms with Crippen molar-refractivity contribution in [1.82, 2.24) is 15.5 Å². The van der Waals surface area contributed by atoms with Crippen LogP contribution in [0.3, 0.4) is 0 Å². The average Bonchev–Trinajstić information content (AvgIpc) is 2.97. The molecule has 0 spiro atoms. The summed E-state index contributed by atoms with van der Waals surface area (Å²) in [6.45, 7) is 9.39. The summed E-state index contributed by atoms with van der Waals surface area (Å²) in [6, 6.07) is 0.429. The minimum atomic E-state index is 0. The van der Waals surface area contributed by atoms with Gasteiger partial charge in [0.1, 0.15) is 0 Å². The Bertz CT molecular complexity index is 373. The van der Waals surface area contributed by atoms with Gasteiger partial charge in [0.05, 0.1) is 18.2 Å². The molecule has 0 aromatic rings. The monoisotopic (exact) mass is 424 g/mol. The van der Waals surface area contributed by atoms with E-state index in [1.807, 2.05) is 0 Å². The molecule has 2 N–H and O–H groups in total. The molecule has 6 heteroatoms. The van der Waals surface area contributed by atoms with Gasteiger partial charge in [0, 0.05) is 19.6 Å². The van der Waals surface area contributed by atoms with E-state index < -0.39 is 0 Å². The Hall–Kier alpha value is -0.0800. The Kier molecular flexibility index (Phi) is 7.88. The van der Waals surface area contributed by atoms with Crippen LogP contribution in [0, 0.1) is 5.41 Å². The molecule has 0 saturated carbocycles. The second-order valence-corrected chi connectivity index (χ2v) is 7.46. The standard InChI is InChI=1S/C16H32N4O.HI/c1-6-17-15(18-10-16(2,3)11-20(4)5)19-13-9-12-7-8-14(13)21-12;/h12-14H,6-11H2,1-5H3,(H2,17,18,19);1H. The van der Waals surface area contributed by atoms with Gasteiger partial charge in [-0.1, -0.05) is 13.8 Å². The molecule has 0 aromatic heterocycles. The highest BCUT2D eigenvalue weighted by atomic mass is 127. The van der Waals surface area contributed by atoms with Crippen LogP contribution in [0.15, 0.2) is 4.99 Å². The molecule has 2 heterocycles. The van der Waals surface area contributed by atoms with Crippen LogP contribution in [0.1, 0.15) is 40.0 Å². The van der Waals surface area contributed by atoms with E-state index in [1.165, 1.54) is 12.8 Å². The number of nitrogens with zero attached hydrogens (tertiary/aromatic N) is 2. The first kappa shape index (κ1) is 20.0. The Morgan fingerprint density at radius 3 is 2.55 bits per heavy atom. The number of ether oxygens (including phenoxy) is 1. The lowest BCUT2D eigenvalue weighted by atomic mass is 9.93. The minimum Gasteiger partial charge on any atom is -0.373 e. The van der Waals surface area contributed by atoms with Crippen molar-refractivity contribution in [3.8, 4) is 0 Å². The number of hydrogen-bond acceptors (Lipinski definition) is 3. The maximum atomic E-state index is 5.91.